The summed E-state index contributed by atoms with van der Waals surface area (Å²) in [6, 6.07) is 11.4. The molecule has 0 aromatic heterocycles. The minimum atomic E-state index is -0.931. The first-order valence-corrected chi connectivity index (χ1v) is 7.61. The molecule has 0 spiro atoms. The smallest absolute Gasteiger partial charge is 0.337 e. The van der Waals surface area contributed by atoms with Crippen LogP contribution in [-0.4, -0.2) is 36.9 Å². The predicted molar refractivity (Wildman–Crippen MR) is 93.5 cm³/mol. The Morgan fingerprint density at radius 1 is 1.04 bits per heavy atom. The minimum Gasteiger partial charge on any atom is -0.465 e. The average Bonchev–Trinajstić information content (AvgIpc) is 2.50. The van der Waals surface area contributed by atoms with E-state index in [4.69, 9.17) is 9.39 Å². The van der Waals surface area contributed by atoms with Crippen molar-refractivity contribution in [3.05, 3.63) is 42.0 Å². The second-order valence-corrected chi connectivity index (χ2v) is 6.75. The van der Waals surface area contributed by atoms with Crippen molar-refractivity contribution < 1.29 is 19.3 Å². The van der Waals surface area contributed by atoms with E-state index >= 15 is 0 Å². The SMILES string of the molecule is COC(=O)c1ccc2cc(BOC(C)(C)C(C)(C)O)ccc2c1. The molecule has 2 aromatic carbocycles. The van der Waals surface area contributed by atoms with Crippen molar-refractivity contribution in [2.45, 2.75) is 38.9 Å². The van der Waals surface area contributed by atoms with Crippen LogP contribution >= 0.6 is 0 Å². The first kappa shape index (κ1) is 17.5. The fraction of sp³-hybridized carbons (Fsp3) is 0.389. The third kappa shape index (κ3) is 3.92. The third-order valence-electron chi connectivity index (χ3n) is 4.40. The Balaban J connectivity index is 2.20. The second kappa shape index (κ2) is 6.34. The zero-order valence-corrected chi connectivity index (χ0v) is 14.3. The van der Waals surface area contributed by atoms with Gasteiger partial charge in [-0.05, 0) is 50.6 Å². The van der Waals surface area contributed by atoms with Crippen LogP contribution < -0.4 is 5.46 Å². The molecule has 1 N–H and O–H groups in total. The van der Waals surface area contributed by atoms with Gasteiger partial charge in [0.25, 0.3) is 0 Å². The van der Waals surface area contributed by atoms with Crippen molar-refractivity contribution in [2.75, 3.05) is 7.11 Å². The van der Waals surface area contributed by atoms with Gasteiger partial charge in [0.2, 0.25) is 0 Å². The van der Waals surface area contributed by atoms with E-state index in [1.807, 2.05) is 44.2 Å². The Morgan fingerprint density at radius 3 is 2.26 bits per heavy atom. The lowest BCUT2D eigenvalue weighted by Gasteiger charge is -2.37. The third-order valence-corrected chi connectivity index (χ3v) is 4.40. The summed E-state index contributed by atoms with van der Waals surface area (Å²) in [5, 5.41) is 12.1. The zero-order chi connectivity index (χ0) is 17.3. The predicted octanol–water partition coefficient (Wildman–Crippen LogP) is 2.17. The van der Waals surface area contributed by atoms with E-state index < -0.39 is 11.2 Å². The highest BCUT2D eigenvalue weighted by molar-refractivity contribution is 6.47. The largest absolute Gasteiger partial charge is 0.465 e. The number of ether oxygens (including phenoxy) is 1. The number of carbonyl (C=O) groups excluding carboxylic acids is 1. The molecule has 5 heteroatoms. The Morgan fingerprint density at radius 2 is 1.65 bits per heavy atom. The summed E-state index contributed by atoms with van der Waals surface area (Å²) in [6.45, 7) is 7.22. The number of hydrogen-bond acceptors (Lipinski definition) is 4. The van der Waals surface area contributed by atoms with Crippen molar-refractivity contribution in [3.8, 4) is 0 Å². The lowest BCUT2D eigenvalue weighted by atomic mass is 9.82. The van der Waals surface area contributed by atoms with Gasteiger partial charge < -0.3 is 14.5 Å². The standard InChI is InChI=1S/C18H23BO4/c1-17(2,21)18(3,4)23-19-15-9-8-12-10-14(16(20)22-5)7-6-13(12)11-15/h6-11,19,21H,1-5H3. The van der Waals surface area contributed by atoms with E-state index in [1.54, 1.807) is 19.9 Å². The summed E-state index contributed by atoms with van der Waals surface area (Å²) in [6.07, 6.45) is 0. The highest BCUT2D eigenvalue weighted by atomic mass is 16.5. The van der Waals surface area contributed by atoms with Gasteiger partial charge in [0.05, 0.1) is 23.9 Å². The van der Waals surface area contributed by atoms with Crippen molar-refractivity contribution in [1.29, 1.82) is 0 Å². The van der Waals surface area contributed by atoms with E-state index in [2.05, 4.69) is 0 Å². The molecule has 122 valence electrons. The first-order chi connectivity index (χ1) is 10.6. The van der Waals surface area contributed by atoms with Crippen molar-refractivity contribution >= 4 is 29.7 Å². The van der Waals surface area contributed by atoms with Crippen LogP contribution in [0.2, 0.25) is 0 Å². The normalized spacial score (nSPS) is 12.3. The topological polar surface area (TPSA) is 55.8 Å². The Bertz CT molecular complexity index is 717. The molecule has 2 rings (SSSR count). The Hall–Kier alpha value is -1.85. The van der Waals surface area contributed by atoms with Crippen LogP contribution in [-0.2, 0) is 9.39 Å². The van der Waals surface area contributed by atoms with Gasteiger partial charge in [0, 0.05) is 0 Å². The molecular weight excluding hydrogens is 291 g/mol. The molecule has 0 aliphatic heterocycles. The van der Waals surface area contributed by atoms with Crippen LogP contribution in [0.5, 0.6) is 0 Å². The molecule has 0 atom stereocenters. The van der Waals surface area contributed by atoms with Crippen LogP contribution in [0.1, 0.15) is 38.1 Å². The van der Waals surface area contributed by atoms with Gasteiger partial charge in [-0.15, -0.1) is 0 Å². The Labute approximate surface area is 137 Å². The van der Waals surface area contributed by atoms with E-state index in [0.29, 0.717) is 13.0 Å². The molecule has 0 radical (unpaired) electrons. The van der Waals surface area contributed by atoms with Gasteiger partial charge in [0.1, 0.15) is 0 Å². The second-order valence-electron chi connectivity index (χ2n) is 6.75. The lowest BCUT2D eigenvalue weighted by molar-refractivity contribution is -0.0893. The average molecular weight is 314 g/mol. The molecule has 0 saturated carbocycles. The van der Waals surface area contributed by atoms with Crippen molar-refractivity contribution in [2.24, 2.45) is 0 Å². The van der Waals surface area contributed by atoms with E-state index in [-0.39, 0.29) is 5.97 Å². The van der Waals surface area contributed by atoms with E-state index in [1.165, 1.54) is 7.11 Å². The number of hydrogen-bond donors (Lipinski definition) is 1. The monoisotopic (exact) mass is 314 g/mol. The van der Waals surface area contributed by atoms with Gasteiger partial charge in [-0.25, -0.2) is 4.79 Å². The van der Waals surface area contributed by atoms with Crippen LogP contribution in [0, 0.1) is 0 Å². The van der Waals surface area contributed by atoms with Gasteiger partial charge in [0.15, 0.2) is 0 Å². The molecular formula is C18H23BO4. The van der Waals surface area contributed by atoms with E-state index in [9.17, 15) is 9.90 Å². The molecule has 0 saturated heterocycles. The van der Waals surface area contributed by atoms with Gasteiger partial charge in [-0.2, -0.15) is 0 Å². The number of esters is 1. The molecule has 0 heterocycles. The number of methoxy groups -OCH3 is 1. The van der Waals surface area contributed by atoms with Crippen LogP contribution in [0.4, 0.5) is 0 Å². The molecule has 0 bridgehead atoms. The molecule has 0 aliphatic rings. The van der Waals surface area contributed by atoms with Crippen LogP contribution in [0.3, 0.4) is 0 Å². The molecule has 0 aliphatic carbocycles. The van der Waals surface area contributed by atoms with Crippen molar-refractivity contribution in [3.63, 3.8) is 0 Å². The van der Waals surface area contributed by atoms with Crippen molar-refractivity contribution in [1.82, 2.24) is 0 Å². The summed E-state index contributed by atoms with van der Waals surface area (Å²) in [5.41, 5.74) is -0.0384. The maximum absolute atomic E-state index is 11.6. The van der Waals surface area contributed by atoms with Crippen LogP contribution in [0.25, 0.3) is 10.8 Å². The lowest BCUT2D eigenvalue weighted by Crippen LogP contribution is -2.49. The van der Waals surface area contributed by atoms with Crippen LogP contribution in [0.15, 0.2) is 36.4 Å². The summed E-state index contributed by atoms with van der Waals surface area (Å²) in [4.78, 5) is 11.6. The van der Waals surface area contributed by atoms with Gasteiger partial charge >= 0.3 is 13.5 Å². The molecule has 0 fully saturated rings. The number of benzene rings is 2. The maximum atomic E-state index is 11.6. The fourth-order valence-corrected chi connectivity index (χ4v) is 2.07. The molecule has 0 unspecified atom stereocenters. The Kier molecular flexibility index (Phi) is 4.83. The maximum Gasteiger partial charge on any atom is 0.337 e. The molecule has 0 amide bonds. The summed E-state index contributed by atoms with van der Waals surface area (Å²) in [7, 11) is 1.78. The van der Waals surface area contributed by atoms with Gasteiger partial charge in [-0.1, -0.05) is 29.7 Å². The number of fused-ring (bicyclic) bond motifs is 1. The highest BCUT2D eigenvalue weighted by Gasteiger charge is 2.35. The molecule has 4 nitrogen and oxygen atoms in total. The number of carbonyl (C=O) groups is 1. The summed E-state index contributed by atoms with van der Waals surface area (Å²) < 4.78 is 10.6. The first-order valence-electron chi connectivity index (χ1n) is 7.61. The summed E-state index contributed by atoms with van der Waals surface area (Å²) in [5.74, 6) is -0.341. The minimum absolute atomic E-state index is 0.341. The van der Waals surface area contributed by atoms with Gasteiger partial charge in [-0.3, -0.25) is 0 Å². The zero-order valence-electron chi connectivity index (χ0n) is 14.3. The number of aliphatic hydroxyl groups is 1. The molecule has 23 heavy (non-hydrogen) atoms. The molecule has 2 aromatic rings. The summed E-state index contributed by atoms with van der Waals surface area (Å²) >= 11 is 0. The quantitative estimate of drug-likeness (QED) is 0.679. The fourth-order valence-electron chi connectivity index (χ4n) is 2.07. The van der Waals surface area contributed by atoms with E-state index in [0.717, 1.165) is 16.2 Å². The highest BCUT2D eigenvalue weighted by Crippen LogP contribution is 2.24. The number of rotatable bonds is 5.